The largest absolute Gasteiger partial charge is 0.309 e. The molecule has 0 spiro atoms. The Kier molecular flexibility index (Phi) is 4.82. The maximum absolute atomic E-state index is 9.73. The SMILES string of the molecule is [2H]c1c([2H])c([2H])c(-n2c3c([2H])c([2H])c([2H])c([2H])c3c3c([2H])c([2H])c([2H])c(-c4ccccc4-n4c5ccccc5c5c4ccc4c6ccccc6n(-c6cccc(-c7ccccc7)c6)c45)c32)c([2H])c1[2H]. The van der Waals surface area contributed by atoms with Gasteiger partial charge in [0.05, 0.1) is 55.2 Å². The lowest BCUT2D eigenvalue weighted by atomic mass is 10.00. The van der Waals surface area contributed by atoms with Crippen molar-refractivity contribution in [2.24, 2.45) is 0 Å². The molecule has 57 heavy (non-hydrogen) atoms. The van der Waals surface area contributed by atoms with Crippen LogP contribution in [-0.2, 0) is 0 Å². The highest BCUT2D eigenvalue weighted by molar-refractivity contribution is 6.26. The first kappa shape index (κ1) is 22.1. The van der Waals surface area contributed by atoms with E-state index in [1.165, 1.54) is 4.57 Å². The number of rotatable bonds is 5. The molecule has 0 aliphatic rings. The van der Waals surface area contributed by atoms with Crippen LogP contribution >= 0.6 is 0 Å². The summed E-state index contributed by atoms with van der Waals surface area (Å²) in [7, 11) is 0. The van der Waals surface area contributed by atoms with E-state index >= 15 is 0 Å². The number of hydrogen-bond donors (Lipinski definition) is 0. The smallest absolute Gasteiger partial charge is 0.0645 e. The van der Waals surface area contributed by atoms with Crippen molar-refractivity contribution in [2.75, 3.05) is 0 Å². The fraction of sp³-hybridized carbons (Fsp3) is 0. The van der Waals surface area contributed by atoms with Crippen LogP contribution in [0.5, 0.6) is 0 Å². The molecule has 3 nitrogen and oxygen atoms in total. The van der Waals surface area contributed by atoms with Gasteiger partial charge in [0, 0.05) is 54.8 Å². The summed E-state index contributed by atoms with van der Waals surface area (Å²) in [5.41, 5.74) is 6.87. The Hall–Kier alpha value is -7.62. The molecule has 0 aliphatic heterocycles. The molecule has 0 N–H and O–H groups in total. The summed E-state index contributed by atoms with van der Waals surface area (Å²) in [6.45, 7) is 0. The molecule has 0 atom stereocenters. The molecule has 266 valence electrons. The van der Waals surface area contributed by atoms with E-state index in [0.717, 1.165) is 60.4 Å². The average molecular weight is 738 g/mol. The normalized spacial score (nSPS) is 14.8. The Morgan fingerprint density at radius 3 is 1.89 bits per heavy atom. The fourth-order valence-electron chi connectivity index (χ4n) is 8.72. The van der Waals surface area contributed by atoms with Crippen LogP contribution in [0.1, 0.15) is 16.4 Å². The molecule has 12 rings (SSSR count). The molecule has 0 unspecified atom stereocenters. The molecule has 0 bridgehead atoms. The van der Waals surface area contributed by atoms with E-state index in [2.05, 4.69) is 75.9 Å². The van der Waals surface area contributed by atoms with Crippen LogP contribution in [0.2, 0.25) is 0 Å². The van der Waals surface area contributed by atoms with Gasteiger partial charge in [-0.3, -0.25) is 0 Å². The monoisotopic (exact) mass is 737 g/mol. The van der Waals surface area contributed by atoms with Gasteiger partial charge in [-0.15, -0.1) is 0 Å². The molecule has 0 saturated carbocycles. The van der Waals surface area contributed by atoms with Gasteiger partial charge in [-0.1, -0.05) is 158 Å². The third kappa shape index (κ3) is 4.66. The maximum atomic E-state index is 9.73. The zero-order chi connectivity index (χ0) is 47.9. The van der Waals surface area contributed by atoms with Crippen LogP contribution in [-0.4, -0.2) is 13.7 Å². The predicted molar refractivity (Wildman–Crippen MR) is 240 cm³/mol. The summed E-state index contributed by atoms with van der Waals surface area (Å²) in [5, 5.41) is 3.65. The molecular weight excluding hydrogens is 691 g/mol. The van der Waals surface area contributed by atoms with Crippen LogP contribution in [0.15, 0.2) is 212 Å². The van der Waals surface area contributed by atoms with E-state index < -0.39 is 78.2 Å². The van der Waals surface area contributed by atoms with Crippen LogP contribution in [0.3, 0.4) is 0 Å². The highest BCUT2D eigenvalue weighted by atomic mass is 15.0. The Bertz CT molecular complexity index is 4200. The summed E-state index contributed by atoms with van der Waals surface area (Å²) in [6.07, 6.45) is 0. The lowest BCUT2D eigenvalue weighted by Crippen LogP contribution is -1.99. The fourth-order valence-corrected chi connectivity index (χ4v) is 8.72. The van der Waals surface area contributed by atoms with Crippen LogP contribution in [0.25, 0.3) is 105 Å². The van der Waals surface area contributed by atoms with E-state index in [1.54, 1.807) is 12.1 Å². The van der Waals surface area contributed by atoms with Gasteiger partial charge in [0.1, 0.15) is 0 Å². The third-order valence-electron chi connectivity index (χ3n) is 11.0. The Labute approximate surface area is 346 Å². The molecule has 3 aromatic heterocycles. The zero-order valence-corrected chi connectivity index (χ0v) is 30.1. The van der Waals surface area contributed by atoms with Crippen molar-refractivity contribution in [2.45, 2.75) is 0 Å². The predicted octanol–water partition coefficient (Wildman–Crippen LogP) is 14.3. The highest BCUT2D eigenvalue weighted by Crippen LogP contribution is 2.45. The first-order chi connectivity index (χ1) is 33.3. The van der Waals surface area contributed by atoms with Gasteiger partial charge in [0.15, 0.2) is 0 Å². The van der Waals surface area contributed by atoms with E-state index in [4.69, 9.17) is 9.60 Å². The maximum Gasteiger partial charge on any atom is 0.0645 e. The van der Waals surface area contributed by atoms with Gasteiger partial charge in [0.2, 0.25) is 0 Å². The summed E-state index contributed by atoms with van der Waals surface area (Å²) in [6, 6.07) is 39.2. The molecule has 3 heteroatoms. The summed E-state index contributed by atoms with van der Waals surface area (Å²) in [4.78, 5) is 0. The van der Waals surface area contributed by atoms with Crippen LogP contribution in [0.4, 0.5) is 0 Å². The molecule has 0 amide bonds. The third-order valence-corrected chi connectivity index (χ3v) is 11.0. The second kappa shape index (κ2) is 12.5. The van der Waals surface area contributed by atoms with Gasteiger partial charge < -0.3 is 13.7 Å². The van der Waals surface area contributed by atoms with Crippen molar-refractivity contribution in [1.82, 2.24) is 13.7 Å². The first-order valence-corrected chi connectivity index (χ1v) is 18.6. The molecule has 3 heterocycles. The standard InChI is InChI=1S/C54H35N3/c1-3-17-36(18-4-1)37-19-15-22-39(35-37)56-48-30-12-8-25-42(48)45-33-34-51-52(54(45)56)46-26-10-14-32-50(46)57(51)49-31-13-9-24-41(49)44-28-16-27-43-40-23-7-11-29-47(40)55(53(43)44)38-20-5-2-6-21-38/h1-35H/i2D,5D,6D,7D,11D,16D,20D,21D,23D,27D,28D,29D. The minimum absolute atomic E-state index is 0.0281. The average Bonchev–Trinajstić information content (AvgIpc) is 4.02. The first-order valence-electron chi connectivity index (χ1n) is 24.6. The lowest BCUT2D eigenvalue weighted by molar-refractivity contribution is 1.17. The Morgan fingerprint density at radius 1 is 0.333 bits per heavy atom. The number of para-hydroxylation sites is 6. The van der Waals surface area contributed by atoms with Crippen molar-refractivity contribution >= 4 is 65.4 Å². The molecule has 12 aromatic rings. The lowest BCUT2D eigenvalue weighted by Gasteiger charge is -2.17. The number of fused-ring (bicyclic) bond motifs is 10. The van der Waals surface area contributed by atoms with Crippen molar-refractivity contribution in [1.29, 1.82) is 0 Å². The summed E-state index contributed by atoms with van der Waals surface area (Å²) >= 11 is 0. The second-order valence-electron chi connectivity index (χ2n) is 14.0. The molecule has 0 saturated heterocycles. The van der Waals surface area contributed by atoms with E-state index in [-0.39, 0.29) is 27.4 Å². The minimum atomic E-state index is -0.682. The van der Waals surface area contributed by atoms with Gasteiger partial charge in [0.25, 0.3) is 0 Å². The number of benzene rings is 9. The van der Waals surface area contributed by atoms with E-state index in [1.807, 2.05) is 60.7 Å². The topological polar surface area (TPSA) is 14.8 Å². The second-order valence-corrected chi connectivity index (χ2v) is 14.0. The Morgan fingerprint density at radius 2 is 1.02 bits per heavy atom. The van der Waals surface area contributed by atoms with Crippen molar-refractivity contribution in [3.63, 3.8) is 0 Å². The molecule has 0 fully saturated rings. The molecular formula is C54H35N3. The molecule has 9 aromatic carbocycles. The van der Waals surface area contributed by atoms with E-state index in [9.17, 15) is 6.85 Å². The minimum Gasteiger partial charge on any atom is -0.309 e. The molecule has 0 radical (unpaired) electrons. The van der Waals surface area contributed by atoms with Crippen molar-refractivity contribution < 1.29 is 16.4 Å². The quantitative estimate of drug-likeness (QED) is 0.167. The van der Waals surface area contributed by atoms with Crippen LogP contribution in [0, 0.1) is 0 Å². The summed E-state index contributed by atoms with van der Waals surface area (Å²) in [5.74, 6) is 0. The number of aromatic nitrogens is 3. The highest BCUT2D eigenvalue weighted by Gasteiger charge is 2.23. The van der Waals surface area contributed by atoms with E-state index in [0.29, 0.717) is 11.3 Å². The van der Waals surface area contributed by atoms with Gasteiger partial charge >= 0.3 is 0 Å². The van der Waals surface area contributed by atoms with Gasteiger partial charge in [-0.2, -0.15) is 0 Å². The van der Waals surface area contributed by atoms with Crippen molar-refractivity contribution in [3.8, 4) is 39.3 Å². The number of nitrogens with zero attached hydrogens (tertiary/aromatic N) is 3. The van der Waals surface area contributed by atoms with Crippen LogP contribution < -0.4 is 0 Å². The Balaban J connectivity index is 1.24. The summed E-state index contributed by atoms with van der Waals surface area (Å²) < 4.78 is 114. The number of hydrogen-bond acceptors (Lipinski definition) is 0. The van der Waals surface area contributed by atoms with Gasteiger partial charge in [-0.05, 0) is 65.7 Å². The zero-order valence-electron chi connectivity index (χ0n) is 42.1. The van der Waals surface area contributed by atoms with Crippen molar-refractivity contribution in [3.05, 3.63) is 212 Å². The van der Waals surface area contributed by atoms with Gasteiger partial charge in [-0.25, -0.2) is 0 Å². The molecule has 0 aliphatic carbocycles.